The first kappa shape index (κ1) is 15.3. The van der Waals surface area contributed by atoms with Gasteiger partial charge in [-0.25, -0.2) is 0 Å². The van der Waals surface area contributed by atoms with Crippen LogP contribution in [0.5, 0.6) is 0 Å². The zero-order chi connectivity index (χ0) is 16.2. The third-order valence-corrected chi connectivity index (χ3v) is 3.59. The summed E-state index contributed by atoms with van der Waals surface area (Å²) in [6.45, 7) is 0. The van der Waals surface area contributed by atoms with Crippen molar-refractivity contribution in [3.05, 3.63) is 70.6 Å². The quantitative estimate of drug-likeness (QED) is 0.672. The number of rotatable bonds is 3. The van der Waals surface area contributed by atoms with Crippen LogP contribution in [0, 0.1) is 11.3 Å². The minimum atomic E-state index is 0.223. The van der Waals surface area contributed by atoms with E-state index in [1.165, 1.54) is 0 Å². The summed E-state index contributed by atoms with van der Waals surface area (Å²) in [5, 5.41) is 13.6. The first-order chi connectivity index (χ1) is 11.2. The third-order valence-electron chi connectivity index (χ3n) is 3.07. The molecule has 6 heteroatoms. The molecule has 0 amide bonds. The fourth-order valence-corrected chi connectivity index (χ4v) is 2.23. The predicted molar refractivity (Wildman–Crippen MR) is 89.6 cm³/mol. The molecule has 0 spiro atoms. The van der Waals surface area contributed by atoms with Crippen molar-refractivity contribution in [1.29, 1.82) is 5.26 Å². The van der Waals surface area contributed by atoms with Crippen LogP contribution in [0.1, 0.15) is 17.0 Å². The summed E-state index contributed by atoms with van der Waals surface area (Å²) in [7, 11) is 0. The summed E-state index contributed by atoms with van der Waals surface area (Å²) in [5.74, 6) is 0.657. The van der Waals surface area contributed by atoms with Gasteiger partial charge >= 0.3 is 0 Å². The Hall–Kier alpha value is -2.61. The van der Waals surface area contributed by atoms with Gasteiger partial charge in [0.05, 0.1) is 11.6 Å². The molecule has 112 valence electrons. The zero-order valence-electron chi connectivity index (χ0n) is 11.7. The van der Waals surface area contributed by atoms with Crippen molar-refractivity contribution in [1.82, 2.24) is 10.1 Å². The maximum Gasteiger partial charge on any atom is 0.269 e. The van der Waals surface area contributed by atoms with E-state index in [4.69, 9.17) is 33.0 Å². The molecule has 1 aromatic heterocycles. The van der Waals surface area contributed by atoms with Crippen LogP contribution < -0.4 is 0 Å². The second-order valence-corrected chi connectivity index (χ2v) is 5.50. The highest BCUT2D eigenvalue weighted by molar-refractivity contribution is 6.50. The normalized spacial score (nSPS) is 11.3. The van der Waals surface area contributed by atoms with Crippen LogP contribution in [0.25, 0.3) is 22.5 Å². The summed E-state index contributed by atoms with van der Waals surface area (Å²) in [4.78, 5) is 4.27. The van der Waals surface area contributed by atoms with Gasteiger partial charge in [0, 0.05) is 10.6 Å². The van der Waals surface area contributed by atoms with E-state index in [1.807, 2.05) is 0 Å². The van der Waals surface area contributed by atoms with Crippen molar-refractivity contribution in [2.24, 2.45) is 0 Å². The highest BCUT2D eigenvalue weighted by atomic mass is 35.5. The fraction of sp³-hybridized carbons (Fsp3) is 0. The van der Waals surface area contributed by atoms with Crippen LogP contribution in [0.3, 0.4) is 0 Å². The molecule has 3 rings (SSSR count). The molecule has 0 atom stereocenters. The van der Waals surface area contributed by atoms with Crippen molar-refractivity contribution >= 4 is 34.3 Å². The summed E-state index contributed by atoms with van der Waals surface area (Å²) >= 11 is 12.1. The minimum Gasteiger partial charge on any atom is -0.333 e. The van der Waals surface area contributed by atoms with Crippen LogP contribution >= 0.6 is 23.2 Å². The molecule has 1 heterocycles. The van der Waals surface area contributed by atoms with Gasteiger partial charge in [-0.2, -0.15) is 10.2 Å². The Morgan fingerprint density at radius 2 is 1.78 bits per heavy atom. The van der Waals surface area contributed by atoms with Crippen LogP contribution in [0.2, 0.25) is 5.02 Å². The van der Waals surface area contributed by atoms with Gasteiger partial charge in [0.15, 0.2) is 0 Å². The van der Waals surface area contributed by atoms with E-state index >= 15 is 0 Å². The minimum absolute atomic E-state index is 0.223. The van der Waals surface area contributed by atoms with Gasteiger partial charge < -0.3 is 4.52 Å². The number of halogens is 2. The molecule has 0 unspecified atom stereocenters. The van der Waals surface area contributed by atoms with E-state index < -0.39 is 0 Å². The Bertz CT molecular complexity index is 891. The summed E-state index contributed by atoms with van der Waals surface area (Å²) in [6, 6.07) is 16.2. The van der Waals surface area contributed by atoms with Gasteiger partial charge in [0.25, 0.3) is 5.89 Å². The number of benzene rings is 2. The Labute approximate surface area is 142 Å². The molecule has 0 aliphatic rings. The molecule has 2 aromatic carbocycles. The molecule has 0 aliphatic heterocycles. The Morgan fingerprint density at radius 3 is 2.43 bits per heavy atom. The molecule has 23 heavy (non-hydrogen) atoms. The maximum atomic E-state index is 8.78. The fourth-order valence-electron chi connectivity index (χ4n) is 1.90. The maximum absolute atomic E-state index is 8.78. The Morgan fingerprint density at radius 1 is 1.09 bits per heavy atom. The van der Waals surface area contributed by atoms with Crippen molar-refractivity contribution in [3.63, 3.8) is 0 Å². The molecule has 0 aliphatic carbocycles. The van der Waals surface area contributed by atoms with Gasteiger partial charge in [-0.1, -0.05) is 40.5 Å². The standard InChI is InChI=1S/C17H9Cl2N3O/c18-14-7-5-13(6-8-14)16-21-17(23-22-16)15(19)9-11-1-3-12(10-20)4-2-11/h1-9H/b15-9-. The summed E-state index contributed by atoms with van der Waals surface area (Å²) in [5.41, 5.74) is 2.20. The molecular formula is C17H9Cl2N3O. The van der Waals surface area contributed by atoms with Gasteiger partial charge in [-0.3, -0.25) is 0 Å². The van der Waals surface area contributed by atoms with E-state index in [0.717, 1.165) is 11.1 Å². The average Bonchev–Trinajstić information content (AvgIpc) is 3.06. The Kier molecular flexibility index (Phi) is 4.42. The van der Waals surface area contributed by atoms with Gasteiger partial charge in [0.1, 0.15) is 5.03 Å². The van der Waals surface area contributed by atoms with Crippen LogP contribution in [0.4, 0.5) is 0 Å². The van der Waals surface area contributed by atoms with E-state index in [-0.39, 0.29) is 5.89 Å². The lowest BCUT2D eigenvalue weighted by molar-refractivity contribution is 0.410. The third kappa shape index (κ3) is 3.59. The van der Waals surface area contributed by atoms with Crippen LogP contribution in [-0.4, -0.2) is 10.1 Å². The van der Waals surface area contributed by atoms with Gasteiger partial charge in [0.2, 0.25) is 5.82 Å². The SMILES string of the molecule is N#Cc1ccc(/C=C(\Cl)c2nc(-c3ccc(Cl)cc3)no2)cc1. The lowest BCUT2D eigenvalue weighted by atomic mass is 10.1. The smallest absolute Gasteiger partial charge is 0.269 e. The van der Waals surface area contributed by atoms with Crippen molar-refractivity contribution in [2.75, 3.05) is 0 Å². The van der Waals surface area contributed by atoms with E-state index in [0.29, 0.717) is 21.4 Å². The molecule has 4 nitrogen and oxygen atoms in total. The van der Waals surface area contributed by atoms with Crippen molar-refractivity contribution in [3.8, 4) is 17.5 Å². The van der Waals surface area contributed by atoms with Gasteiger partial charge in [-0.05, 0) is 48.0 Å². The number of nitriles is 1. The molecule has 3 aromatic rings. The molecule has 0 bridgehead atoms. The second-order valence-electron chi connectivity index (χ2n) is 4.66. The number of aromatic nitrogens is 2. The molecular weight excluding hydrogens is 333 g/mol. The summed E-state index contributed by atoms with van der Waals surface area (Å²) in [6.07, 6.45) is 1.70. The number of hydrogen-bond donors (Lipinski definition) is 0. The first-order valence-corrected chi connectivity index (χ1v) is 7.39. The second kappa shape index (κ2) is 6.66. The van der Waals surface area contributed by atoms with E-state index in [9.17, 15) is 0 Å². The first-order valence-electron chi connectivity index (χ1n) is 6.63. The monoisotopic (exact) mass is 341 g/mol. The average molecular weight is 342 g/mol. The highest BCUT2D eigenvalue weighted by Gasteiger charge is 2.11. The molecule has 0 N–H and O–H groups in total. The highest BCUT2D eigenvalue weighted by Crippen LogP contribution is 2.24. The Balaban J connectivity index is 1.85. The number of nitrogens with zero attached hydrogens (tertiary/aromatic N) is 3. The molecule has 0 radical (unpaired) electrons. The van der Waals surface area contributed by atoms with Crippen LogP contribution in [-0.2, 0) is 0 Å². The van der Waals surface area contributed by atoms with E-state index in [2.05, 4.69) is 16.2 Å². The largest absolute Gasteiger partial charge is 0.333 e. The van der Waals surface area contributed by atoms with Crippen molar-refractivity contribution < 1.29 is 4.52 Å². The molecule has 0 saturated carbocycles. The van der Waals surface area contributed by atoms with Crippen LogP contribution in [0.15, 0.2) is 53.1 Å². The molecule has 0 fully saturated rings. The molecule has 0 saturated heterocycles. The lowest BCUT2D eigenvalue weighted by Gasteiger charge is -1.95. The van der Waals surface area contributed by atoms with E-state index in [1.54, 1.807) is 54.6 Å². The topological polar surface area (TPSA) is 62.7 Å². The van der Waals surface area contributed by atoms with Crippen molar-refractivity contribution in [2.45, 2.75) is 0 Å². The lowest BCUT2D eigenvalue weighted by Crippen LogP contribution is -1.82. The predicted octanol–water partition coefficient (Wildman–Crippen LogP) is 5.00. The number of hydrogen-bond acceptors (Lipinski definition) is 4. The van der Waals surface area contributed by atoms with Gasteiger partial charge in [-0.15, -0.1) is 0 Å². The zero-order valence-corrected chi connectivity index (χ0v) is 13.2. The summed E-state index contributed by atoms with van der Waals surface area (Å²) < 4.78 is 5.18.